The molecule has 0 aromatic heterocycles. The van der Waals surface area contributed by atoms with Gasteiger partial charge in [0.15, 0.2) is 0 Å². The quantitative estimate of drug-likeness (QED) is 0.703. The van der Waals surface area contributed by atoms with Gasteiger partial charge in [-0.25, -0.2) is 4.39 Å². The lowest BCUT2D eigenvalue weighted by Gasteiger charge is -2.41. The fourth-order valence-electron chi connectivity index (χ4n) is 2.21. The summed E-state index contributed by atoms with van der Waals surface area (Å²) in [6.07, 6.45) is 1.09. The van der Waals surface area contributed by atoms with Gasteiger partial charge in [-0.05, 0) is 30.0 Å². The Morgan fingerprint density at radius 2 is 1.92 bits per heavy atom. The molecule has 1 aliphatic rings. The summed E-state index contributed by atoms with van der Waals surface area (Å²) >= 11 is 0. The summed E-state index contributed by atoms with van der Waals surface area (Å²) in [5, 5.41) is 0. The van der Waals surface area contributed by atoms with E-state index in [2.05, 4.69) is 6.92 Å². The lowest BCUT2D eigenvalue weighted by Crippen LogP contribution is -2.44. The van der Waals surface area contributed by atoms with Crippen LogP contribution in [0.1, 0.15) is 24.8 Å². The van der Waals surface area contributed by atoms with Gasteiger partial charge in [-0.2, -0.15) is 0 Å². The lowest BCUT2D eigenvalue weighted by molar-refractivity contribution is 0.230. The highest BCUT2D eigenvalue weighted by molar-refractivity contribution is 5.25. The van der Waals surface area contributed by atoms with E-state index in [0.29, 0.717) is 11.8 Å². The highest BCUT2D eigenvalue weighted by atomic mass is 19.1. The van der Waals surface area contributed by atoms with E-state index in [4.69, 9.17) is 5.73 Å². The molecule has 0 saturated heterocycles. The summed E-state index contributed by atoms with van der Waals surface area (Å²) in [4.78, 5) is 0. The standard InChI is InChI=1S/C11H14FN/c1-7-6-10(13)11(7)8-2-4-9(12)5-3-8/h2-5,7,10-11H,6,13H2,1H3. The molecule has 1 aromatic carbocycles. The molecule has 0 radical (unpaired) electrons. The van der Waals surface area contributed by atoms with Crippen LogP contribution in [0.3, 0.4) is 0 Å². The first-order chi connectivity index (χ1) is 6.18. The van der Waals surface area contributed by atoms with E-state index >= 15 is 0 Å². The van der Waals surface area contributed by atoms with E-state index in [0.717, 1.165) is 6.42 Å². The van der Waals surface area contributed by atoms with Gasteiger partial charge < -0.3 is 5.73 Å². The third-order valence-corrected chi connectivity index (χ3v) is 2.97. The summed E-state index contributed by atoms with van der Waals surface area (Å²) in [6, 6.07) is 6.96. The third-order valence-electron chi connectivity index (χ3n) is 2.97. The zero-order valence-electron chi connectivity index (χ0n) is 7.70. The van der Waals surface area contributed by atoms with Crippen LogP contribution in [0, 0.1) is 11.7 Å². The molecule has 1 aromatic rings. The summed E-state index contributed by atoms with van der Waals surface area (Å²) in [7, 11) is 0. The van der Waals surface area contributed by atoms with E-state index in [1.807, 2.05) is 12.1 Å². The Morgan fingerprint density at radius 1 is 1.31 bits per heavy atom. The number of halogens is 1. The number of hydrogen-bond acceptors (Lipinski definition) is 1. The van der Waals surface area contributed by atoms with Crippen LogP contribution in [0.15, 0.2) is 24.3 Å². The van der Waals surface area contributed by atoms with Crippen LogP contribution < -0.4 is 5.73 Å². The van der Waals surface area contributed by atoms with Gasteiger partial charge in [0, 0.05) is 12.0 Å². The fraction of sp³-hybridized carbons (Fsp3) is 0.455. The average molecular weight is 179 g/mol. The minimum atomic E-state index is -0.177. The van der Waals surface area contributed by atoms with Gasteiger partial charge in [-0.3, -0.25) is 0 Å². The Hall–Kier alpha value is -0.890. The van der Waals surface area contributed by atoms with Crippen molar-refractivity contribution >= 4 is 0 Å². The molecule has 13 heavy (non-hydrogen) atoms. The van der Waals surface area contributed by atoms with Crippen molar-refractivity contribution in [2.24, 2.45) is 11.7 Å². The first kappa shape index (κ1) is 8.70. The SMILES string of the molecule is CC1CC(N)C1c1ccc(F)cc1. The normalized spacial score (nSPS) is 32.7. The van der Waals surface area contributed by atoms with Crippen LogP contribution in [0.25, 0.3) is 0 Å². The summed E-state index contributed by atoms with van der Waals surface area (Å²) < 4.78 is 12.6. The molecule has 2 N–H and O–H groups in total. The molecular weight excluding hydrogens is 165 g/mol. The molecule has 0 amide bonds. The Bertz CT molecular complexity index is 285. The Kier molecular flexibility index (Phi) is 2.08. The molecule has 70 valence electrons. The second-order valence-electron chi connectivity index (χ2n) is 3.95. The molecular formula is C11H14FN. The van der Waals surface area contributed by atoms with E-state index < -0.39 is 0 Å². The highest BCUT2D eigenvalue weighted by Gasteiger charge is 2.36. The minimum Gasteiger partial charge on any atom is -0.327 e. The van der Waals surface area contributed by atoms with Crippen molar-refractivity contribution in [3.05, 3.63) is 35.6 Å². The van der Waals surface area contributed by atoms with Gasteiger partial charge >= 0.3 is 0 Å². The molecule has 1 fully saturated rings. The number of nitrogens with two attached hydrogens (primary N) is 1. The van der Waals surface area contributed by atoms with Gasteiger partial charge in [0.2, 0.25) is 0 Å². The van der Waals surface area contributed by atoms with Crippen molar-refractivity contribution in [1.29, 1.82) is 0 Å². The maximum atomic E-state index is 12.6. The molecule has 2 heteroatoms. The molecule has 1 nitrogen and oxygen atoms in total. The summed E-state index contributed by atoms with van der Waals surface area (Å²) in [6.45, 7) is 2.19. The van der Waals surface area contributed by atoms with E-state index in [-0.39, 0.29) is 11.9 Å². The maximum absolute atomic E-state index is 12.6. The van der Waals surface area contributed by atoms with Crippen molar-refractivity contribution in [2.75, 3.05) is 0 Å². The van der Waals surface area contributed by atoms with Crippen molar-refractivity contribution < 1.29 is 4.39 Å². The van der Waals surface area contributed by atoms with Crippen LogP contribution in [0.4, 0.5) is 4.39 Å². The first-order valence-corrected chi connectivity index (χ1v) is 4.69. The minimum absolute atomic E-state index is 0.177. The van der Waals surface area contributed by atoms with Gasteiger partial charge in [0.05, 0.1) is 0 Å². The van der Waals surface area contributed by atoms with Gasteiger partial charge in [0.1, 0.15) is 5.82 Å². The third kappa shape index (κ3) is 1.46. The lowest BCUT2D eigenvalue weighted by atomic mass is 9.67. The fourth-order valence-corrected chi connectivity index (χ4v) is 2.21. The van der Waals surface area contributed by atoms with Crippen LogP contribution in [-0.4, -0.2) is 6.04 Å². The molecule has 1 saturated carbocycles. The van der Waals surface area contributed by atoms with Gasteiger partial charge in [-0.15, -0.1) is 0 Å². The Balaban J connectivity index is 2.21. The zero-order valence-corrected chi connectivity index (χ0v) is 7.70. The predicted molar refractivity (Wildman–Crippen MR) is 50.9 cm³/mol. The van der Waals surface area contributed by atoms with E-state index in [9.17, 15) is 4.39 Å². The molecule has 2 rings (SSSR count). The van der Waals surface area contributed by atoms with Crippen molar-refractivity contribution in [2.45, 2.75) is 25.3 Å². The maximum Gasteiger partial charge on any atom is 0.123 e. The van der Waals surface area contributed by atoms with Crippen LogP contribution in [0.2, 0.25) is 0 Å². The molecule has 0 spiro atoms. The van der Waals surface area contributed by atoms with Crippen molar-refractivity contribution in [1.82, 2.24) is 0 Å². The number of benzene rings is 1. The van der Waals surface area contributed by atoms with Crippen LogP contribution in [0.5, 0.6) is 0 Å². The van der Waals surface area contributed by atoms with Crippen molar-refractivity contribution in [3.8, 4) is 0 Å². The zero-order chi connectivity index (χ0) is 9.42. The monoisotopic (exact) mass is 179 g/mol. The summed E-state index contributed by atoms with van der Waals surface area (Å²) in [5.74, 6) is 0.894. The molecule has 0 heterocycles. The summed E-state index contributed by atoms with van der Waals surface area (Å²) in [5.41, 5.74) is 7.06. The van der Waals surface area contributed by atoms with E-state index in [1.165, 1.54) is 17.7 Å². The second-order valence-corrected chi connectivity index (χ2v) is 3.95. The molecule has 3 atom stereocenters. The van der Waals surface area contributed by atoms with Gasteiger partial charge in [-0.1, -0.05) is 19.1 Å². The Labute approximate surface area is 77.8 Å². The number of hydrogen-bond donors (Lipinski definition) is 1. The average Bonchev–Trinajstić information content (AvgIpc) is 2.09. The first-order valence-electron chi connectivity index (χ1n) is 4.69. The van der Waals surface area contributed by atoms with E-state index in [1.54, 1.807) is 0 Å². The second kappa shape index (κ2) is 3.11. The van der Waals surface area contributed by atoms with Crippen LogP contribution >= 0.6 is 0 Å². The van der Waals surface area contributed by atoms with Crippen molar-refractivity contribution in [3.63, 3.8) is 0 Å². The predicted octanol–water partition coefficient (Wildman–Crippen LogP) is 2.28. The molecule has 3 unspecified atom stereocenters. The largest absolute Gasteiger partial charge is 0.327 e. The topological polar surface area (TPSA) is 26.0 Å². The van der Waals surface area contributed by atoms with Crippen LogP contribution in [-0.2, 0) is 0 Å². The number of rotatable bonds is 1. The smallest absolute Gasteiger partial charge is 0.123 e. The highest BCUT2D eigenvalue weighted by Crippen LogP contribution is 2.40. The molecule has 1 aliphatic carbocycles. The molecule has 0 aliphatic heterocycles. The van der Waals surface area contributed by atoms with Gasteiger partial charge in [0.25, 0.3) is 0 Å². The molecule has 0 bridgehead atoms. The Morgan fingerprint density at radius 3 is 2.38 bits per heavy atom.